The van der Waals surface area contributed by atoms with Crippen molar-refractivity contribution in [2.45, 2.75) is 57.1 Å². The zero-order chi connectivity index (χ0) is 17.8. The van der Waals surface area contributed by atoms with Crippen molar-refractivity contribution in [1.29, 1.82) is 0 Å². The zero-order valence-corrected chi connectivity index (χ0v) is 14.2. The van der Waals surface area contributed by atoms with E-state index in [2.05, 4.69) is 27.2 Å². The van der Waals surface area contributed by atoms with Crippen molar-refractivity contribution in [2.75, 3.05) is 18.5 Å². The molecular weight excluding hydrogens is 326 g/mol. The molecule has 0 spiro atoms. The first-order valence-corrected chi connectivity index (χ1v) is 8.71. The molecule has 0 bridgehead atoms. The first-order chi connectivity index (χ1) is 12.2. The van der Waals surface area contributed by atoms with Crippen LogP contribution >= 0.6 is 0 Å². The highest BCUT2D eigenvalue weighted by molar-refractivity contribution is 5.82. The smallest absolute Gasteiger partial charge is 0.167 e. The van der Waals surface area contributed by atoms with E-state index >= 15 is 0 Å². The number of imidazole rings is 1. The number of hydrogen-bond donors (Lipinski definition) is 4. The third-order valence-electron chi connectivity index (χ3n) is 4.47. The summed E-state index contributed by atoms with van der Waals surface area (Å²) in [5.74, 6) is 0.631. The molecule has 0 aromatic carbocycles. The Kier molecular flexibility index (Phi) is 5.79. The highest BCUT2D eigenvalue weighted by atomic mass is 16.6. The van der Waals surface area contributed by atoms with Crippen molar-refractivity contribution in [2.24, 2.45) is 0 Å². The molecule has 3 rings (SSSR count). The molecule has 4 N–H and O–H groups in total. The number of anilines is 1. The number of aromatic nitrogens is 4. The van der Waals surface area contributed by atoms with Crippen molar-refractivity contribution in [3.8, 4) is 0 Å². The quantitative estimate of drug-likeness (QED) is 0.505. The average Bonchev–Trinajstić information content (AvgIpc) is 3.17. The lowest BCUT2D eigenvalue weighted by molar-refractivity contribution is -0.0511. The molecule has 1 fully saturated rings. The molecule has 9 heteroatoms. The minimum absolute atomic E-state index is 0.374. The number of rotatable bonds is 8. The van der Waals surface area contributed by atoms with Crippen LogP contribution in [-0.2, 0) is 4.74 Å². The summed E-state index contributed by atoms with van der Waals surface area (Å²) in [7, 11) is 0. The summed E-state index contributed by atoms with van der Waals surface area (Å²) < 4.78 is 7.10. The van der Waals surface area contributed by atoms with Gasteiger partial charge < -0.3 is 25.4 Å². The maximum atomic E-state index is 10.2. The Bertz CT molecular complexity index is 694. The molecule has 138 valence electrons. The minimum atomic E-state index is -1.17. The molecule has 2 aromatic rings. The largest absolute Gasteiger partial charge is 0.394 e. The first-order valence-electron chi connectivity index (χ1n) is 8.71. The van der Waals surface area contributed by atoms with E-state index in [-0.39, 0.29) is 6.61 Å². The van der Waals surface area contributed by atoms with Gasteiger partial charge in [0, 0.05) is 6.54 Å². The molecular formula is C16H25N5O4. The predicted molar refractivity (Wildman–Crippen MR) is 91.0 cm³/mol. The summed E-state index contributed by atoms with van der Waals surface area (Å²) in [5, 5.41) is 32.6. The van der Waals surface area contributed by atoms with Crippen molar-refractivity contribution in [3.63, 3.8) is 0 Å². The van der Waals surface area contributed by atoms with Gasteiger partial charge in [0.05, 0.1) is 12.9 Å². The second kappa shape index (κ2) is 8.05. The van der Waals surface area contributed by atoms with Crippen LogP contribution in [0.4, 0.5) is 5.82 Å². The maximum absolute atomic E-state index is 10.2. The van der Waals surface area contributed by atoms with Crippen LogP contribution in [-0.4, -0.2) is 66.3 Å². The molecule has 0 radical (unpaired) electrons. The number of fused-ring (bicyclic) bond motifs is 1. The van der Waals surface area contributed by atoms with Gasteiger partial charge in [-0.15, -0.1) is 0 Å². The molecule has 0 saturated carbocycles. The molecule has 9 nitrogen and oxygen atoms in total. The highest BCUT2D eigenvalue weighted by Crippen LogP contribution is 2.32. The van der Waals surface area contributed by atoms with Gasteiger partial charge in [0.1, 0.15) is 24.6 Å². The topological polar surface area (TPSA) is 126 Å². The summed E-state index contributed by atoms with van der Waals surface area (Å²) >= 11 is 0. The van der Waals surface area contributed by atoms with E-state index < -0.39 is 24.5 Å². The van der Waals surface area contributed by atoms with Crippen LogP contribution < -0.4 is 5.32 Å². The van der Waals surface area contributed by atoms with E-state index in [9.17, 15) is 15.3 Å². The van der Waals surface area contributed by atoms with Crippen molar-refractivity contribution < 1.29 is 20.1 Å². The van der Waals surface area contributed by atoms with Gasteiger partial charge in [0.15, 0.2) is 23.2 Å². The predicted octanol–water partition coefficient (Wildman–Crippen LogP) is 0.430. The fourth-order valence-corrected chi connectivity index (χ4v) is 3.04. The van der Waals surface area contributed by atoms with E-state index in [4.69, 9.17) is 4.74 Å². The summed E-state index contributed by atoms with van der Waals surface area (Å²) in [6.07, 6.45) is 3.51. The Morgan fingerprint density at radius 3 is 2.72 bits per heavy atom. The van der Waals surface area contributed by atoms with E-state index in [0.717, 1.165) is 19.4 Å². The average molecular weight is 351 g/mol. The van der Waals surface area contributed by atoms with Crippen LogP contribution in [0.25, 0.3) is 11.2 Å². The SMILES string of the molecule is CCCCCCNc1ncnc2c1ncn2[C@@H]1O[C@H](CO)C(O)C1O. The minimum Gasteiger partial charge on any atom is -0.394 e. The zero-order valence-electron chi connectivity index (χ0n) is 14.2. The molecule has 3 heterocycles. The third kappa shape index (κ3) is 3.59. The number of nitrogens with one attached hydrogen (secondary N) is 1. The Balaban J connectivity index is 1.77. The molecule has 0 amide bonds. The van der Waals surface area contributed by atoms with Gasteiger partial charge in [-0.2, -0.15) is 0 Å². The molecule has 4 atom stereocenters. The Morgan fingerprint density at radius 2 is 2.00 bits per heavy atom. The summed E-state index contributed by atoms with van der Waals surface area (Å²) in [4.78, 5) is 12.8. The lowest BCUT2D eigenvalue weighted by Gasteiger charge is -2.16. The van der Waals surface area contributed by atoms with E-state index in [1.54, 1.807) is 4.57 Å². The Morgan fingerprint density at radius 1 is 1.16 bits per heavy atom. The molecule has 25 heavy (non-hydrogen) atoms. The van der Waals surface area contributed by atoms with Gasteiger partial charge in [-0.1, -0.05) is 26.2 Å². The second-order valence-corrected chi connectivity index (χ2v) is 6.26. The van der Waals surface area contributed by atoms with Crippen molar-refractivity contribution in [3.05, 3.63) is 12.7 Å². The second-order valence-electron chi connectivity index (χ2n) is 6.26. The van der Waals surface area contributed by atoms with Gasteiger partial charge in [0.25, 0.3) is 0 Å². The number of aliphatic hydroxyl groups excluding tert-OH is 3. The van der Waals surface area contributed by atoms with Crippen LogP contribution in [0.2, 0.25) is 0 Å². The van der Waals surface area contributed by atoms with Gasteiger partial charge >= 0.3 is 0 Å². The summed E-state index contributed by atoms with van der Waals surface area (Å²) in [6.45, 7) is 2.60. The molecule has 1 aliphatic rings. The maximum Gasteiger partial charge on any atom is 0.167 e. The van der Waals surface area contributed by atoms with Gasteiger partial charge in [-0.25, -0.2) is 15.0 Å². The van der Waals surface area contributed by atoms with E-state index in [0.29, 0.717) is 17.0 Å². The van der Waals surface area contributed by atoms with Crippen LogP contribution in [0.15, 0.2) is 12.7 Å². The molecule has 1 aliphatic heterocycles. The Labute approximate surface area is 145 Å². The van der Waals surface area contributed by atoms with Crippen molar-refractivity contribution >= 4 is 17.0 Å². The van der Waals surface area contributed by atoms with Crippen LogP contribution in [0.5, 0.6) is 0 Å². The van der Waals surface area contributed by atoms with Crippen LogP contribution in [0, 0.1) is 0 Å². The number of aliphatic hydroxyl groups is 3. The van der Waals surface area contributed by atoms with Crippen LogP contribution in [0.1, 0.15) is 38.8 Å². The molecule has 1 saturated heterocycles. The lowest BCUT2D eigenvalue weighted by Crippen LogP contribution is -2.33. The standard InChI is InChI=1S/C16H25N5O4/c1-2-3-4-5-6-17-14-11-15(19-8-18-14)21(9-20-11)16-13(24)12(23)10(7-22)25-16/h8-10,12-13,16,22-24H,2-7H2,1H3,(H,17,18,19)/t10-,12?,13?,16-/m1/s1. The molecule has 2 aromatic heterocycles. The fourth-order valence-electron chi connectivity index (χ4n) is 3.04. The third-order valence-corrected chi connectivity index (χ3v) is 4.47. The normalized spacial score (nSPS) is 26.4. The fraction of sp³-hybridized carbons (Fsp3) is 0.688. The Hall–Kier alpha value is -1.81. The number of hydrogen-bond acceptors (Lipinski definition) is 8. The van der Waals surface area contributed by atoms with Gasteiger partial charge in [-0.05, 0) is 6.42 Å². The first kappa shape index (κ1) is 18.0. The summed E-state index contributed by atoms with van der Waals surface area (Å²) in [6, 6.07) is 0. The summed E-state index contributed by atoms with van der Waals surface area (Å²) in [5.41, 5.74) is 1.08. The highest BCUT2D eigenvalue weighted by Gasteiger charge is 2.44. The lowest BCUT2D eigenvalue weighted by atomic mass is 10.1. The number of unbranched alkanes of at least 4 members (excludes halogenated alkanes) is 3. The van der Waals surface area contributed by atoms with Crippen molar-refractivity contribution in [1.82, 2.24) is 19.5 Å². The number of ether oxygens (including phenoxy) is 1. The molecule has 2 unspecified atom stereocenters. The van der Waals surface area contributed by atoms with Gasteiger partial charge in [0.2, 0.25) is 0 Å². The van der Waals surface area contributed by atoms with E-state index in [1.807, 2.05) is 0 Å². The number of nitrogens with zero attached hydrogens (tertiary/aromatic N) is 4. The van der Waals surface area contributed by atoms with E-state index in [1.165, 1.54) is 25.5 Å². The molecule has 0 aliphatic carbocycles. The van der Waals surface area contributed by atoms with Gasteiger partial charge in [-0.3, -0.25) is 4.57 Å². The monoisotopic (exact) mass is 351 g/mol. The van der Waals surface area contributed by atoms with Crippen LogP contribution in [0.3, 0.4) is 0 Å².